The van der Waals surface area contributed by atoms with Gasteiger partial charge < -0.3 is 19.7 Å². The normalized spacial score (nSPS) is 22.8. The number of carbonyl (C=O) groups excluding carboxylic acids is 1. The summed E-state index contributed by atoms with van der Waals surface area (Å²) in [5, 5.41) is 10.8. The molecule has 1 aromatic heterocycles. The Kier molecular flexibility index (Phi) is 4.66. The molecule has 1 fully saturated rings. The molecule has 3 rings (SSSR count). The molecule has 122 valence electrons. The Morgan fingerprint density at radius 1 is 1.57 bits per heavy atom. The second kappa shape index (κ2) is 6.70. The van der Waals surface area contributed by atoms with Crippen molar-refractivity contribution in [3.05, 3.63) is 53.1 Å². The Morgan fingerprint density at radius 3 is 3.09 bits per heavy atom. The zero-order valence-corrected chi connectivity index (χ0v) is 13.4. The van der Waals surface area contributed by atoms with E-state index in [0.717, 1.165) is 5.56 Å². The summed E-state index contributed by atoms with van der Waals surface area (Å²) in [5.74, 6) is -0.364. The summed E-state index contributed by atoms with van der Waals surface area (Å²) >= 11 is 6.02. The lowest BCUT2D eigenvalue weighted by Gasteiger charge is -2.39. The van der Waals surface area contributed by atoms with Crippen molar-refractivity contribution in [3.8, 4) is 0 Å². The lowest BCUT2D eigenvalue weighted by molar-refractivity contribution is -0.153. The van der Waals surface area contributed by atoms with Crippen molar-refractivity contribution in [3.63, 3.8) is 0 Å². The summed E-state index contributed by atoms with van der Waals surface area (Å²) in [6.07, 6.45) is 1.37. The van der Waals surface area contributed by atoms with E-state index in [9.17, 15) is 9.90 Å². The molecule has 1 aliphatic rings. The number of ether oxygens (including phenoxy) is 1. The van der Waals surface area contributed by atoms with Crippen molar-refractivity contribution in [1.82, 2.24) is 14.9 Å². The van der Waals surface area contributed by atoms with Gasteiger partial charge in [-0.2, -0.15) is 0 Å². The highest BCUT2D eigenvalue weighted by Gasteiger charge is 2.34. The molecule has 3 atom stereocenters. The number of hydrogen-bond donors (Lipinski definition) is 2. The quantitative estimate of drug-likeness (QED) is 0.900. The first-order chi connectivity index (χ1) is 11.1. The second-order valence-electron chi connectivity index (χ2n) is 5.63. The van der Waals surface area contributed by atoms with Gasteiger partial charge in [0.25, 0.3) is 5.91 Å². The van der Waals surface area contributed by atoms with E-state index in [4.69, 9.17) is 16.3 Å². The number of aromatic nitrogens is 2. The summed E-state index contributed by atoms with van der Waals surface area (Å²) in [4.78, 5) is 20.8. The standard InChI is InChI=1S/C16H18ClN3O3/c1-10-8-23-14(11-3-2-4-12(17)5-11)7-20(10)16(22)15(21)13-6-18-9-19-13/h2-6,9-10,14-15,21H,7-8H2,1H3,(H,18,19). The Balaban J connectivity index is 1.77. The van der Waals surface area contributed by atoms with Gasteiger partial charge >= 0.3 is 0 Å². The first kappa shape index (κ1) is 16.0. The molecule has 0 radical (unpaired) electrons. The summed E-state index contributed by atoms with van der Waals surface area (Å²) < 4.78 is 5.83. The van der Waals surface area contributed by atoms with Gasteiger partial charge in [-0.05, 0) is 24.6 Å². The number of halogens is 1. The fourth-order valence-electron chi connectivity index (χ4n) is 2.68. The molecule has 0 aliphatic carbocycles. The number of nitrogens with zero attached hydrogens (tertiary/aromatic N) is 2. The average molecular weight is 336 g/mol. The number of benzene rings is 1. The van der Waals surface area contributed by atoms with Crippen LogP contribution in [0.15, 0.2) is 36.8 Å². The highest BCUT2D eigenvalue weighted by atomic mass is 35.5. The molecule has 3 unspecified atom stereocenters. The summed E-state index contributed by atoms with van der Waals surface area (Å²) in [7, 11) is 0. The largest absolute Gasteiger partial charge is 0.377 e. The third-order valence-electron chi connectivity index (χ3n) is 3.98. The fourth-order valence-corrected chi connectivity index (χ4v) is 2.88. The van der Waals surface area contributed by atoms with Crippen LogP contribution in [0.5, 0.6) is 0 Å². The number of imidazole rings is 1. The van der Waals surface area contributed by atoms with E-state index in [1.807, 2.05) is 25.1 Å². The van der Waals surface area contributed by atoms with Gasteiger partial charge in [-0.3, -0.25) is 4.79 Å². The number of morpholine rings is 1. The lowest BCUT2D eigenvalue weighted by Crippen LogP contribution is -2.49. The molecule has 0 bridgehead atoms. The van der Waals surface area contributed by atoms with E-state index in [1.54, 1.807) is 11.0 Å². The summed E-state index contributed by atoms with van der Waals surface area (Å²) in [6.45, 7) is 2.66. The van der Waals surface area contributed by atoms with Crippen LogP contribution in [0.1, 0.15) is 30.4 Å². The molecule has 23 heavy (non-hydrogen) atoms. The zero-order valence-electron chi connectivity index (χ0n) is 12.6. The molecular formula is C16H18ClN3O3. The van der Waals surface area contributed by atoms with Gasteiger partial charge in [0, 0.05) is 5.02 Å². The second-order valence-corrected chi connectivity index (χ2v) is 6.06. The van der Waals surface area contributed by atoms with E-state index in [1.165, 1.54) is 12.5 Å². The van der Waals surface area contributed by atoms with Gasteiger partial charge in [0.05, 0.1) is 37.4 Å². The van der Waals surface area contributed by atoms with Crippen LogP contribution >= 0.6 is 11.6 Å². The van der Waals surface area contributed by atoms with Crippen LogP contribution in [0.25, 0.3) is 0 Å². The Morgan fingerprint density at radius 2 is 2.39 bits per heavy atom. The van der Waals surface area contributed by atoms with Crippen LogP contribution in [0.4, 0.5) is 0 Å². The molecule has 2 aromatic rings. The highest BCUT2D eigenvalue weighted by molar-refractivity contribution is 6.30. The number of hydrogen-bond acceptors (Lipinski definition) is 4. The monoisotopic (exact) mass is 335 g/mol. The number of carbonyl (C=O) groups is 1. The molecule has 0 spiro atoms. The lowest BCUT2D eigenvalue weighted by atomic mass is 10.0. The number of amides is 1. The summed E-state index contributed by atoms with van der Waals surface area (Å²) in [6, 6.07) is 7.28. The van der Waals surface area contributed by atoms with Crippen LogP contribution < -0.4 is 0 Å². The number of aliphatic hydroxyl groups excluding tert-OH is 1. The minimum absolute atomic E-state index is 0.115. The number of H-pyrrole nitrogens is 1. The van der Waals surface area contributed by atoms with Gasteiger partial charge in [0.2, 0.25) is 0 Å². The maximum absolute atomic E-state index is 12.6. The molecule has 2 N–H and O–H groups in total. The van der Waals surface area contributed by atoms with Crippen LogP contribution in [0, 0.1) is 0 Å². The Labute approximate surface area is 139 Å². The predicted molar refractivity (Wildman–Crippen MR) is 84.9 cm³/mol. The molecule has 1 aromatic carbocycles. The minimum atomic E-state index is -1.25. The van der Waals surface area contributed by atoms with Crippen molar-refractivity contribution in [2.45, 2.75) is 25.2 Å². The first-order valence-corrected chi connectivity index (χ1v) is 7.78. The molecule has 1 amide bonds. The van der Waals surface area contributed by atoms with Crippen LogP contribution in [-0.2, 0) is 9.53 Å². The first-order valence-electron chi connectivity index (χ1n) is 7.40. The van der Waals surface area contributed by atoms with Crippen LogP contribution in [0.2, 0.25) is 5.02 Å². The van der Waals surface area contributed by atoms with Crippen molar-refractivity contribution in [2.24, 2.45) is 0 Å². The Bertz CT molecular complexity index is 677. The van der Waals surface area contributed by atoms with Crippen molar-refractivity contribution in [1.29, 1.82) is 0 Å². The van der Waals surface area contributed by atoms with Crippen molar-refractivity contribution in [2.75, 3.05) is 13.2 Å². The van der Waals surface area contributed by atoms with Crippen LogP contribution in [0.3, 0.4) is 0 Å². The maximum Gasteiger partial charge on any atom is 0.258 e. The zero-order chi connectivity index (χ0) is 16.4. The smallest absolute Gasteiger partial charge is 0.258 e. The third kappa shape index (κ3) is 3.39. The SMILES string of the molecule is CC1COC(c2cccc(Cl)c2)CN1C(=O)C(O)c1cnc[nH]1. The van der Waals surface area contributed by atoms with E-state index < -0.39 is 6.10 Å². The Hall–Kier alpha value is -1.89. The maximum atomic E-state index is 12.6. The number of nitrogens with one attached hydrogen (secondary N) is 1. The molecular weight excluding hydrogens is 318 g/mol. The van der Waals surface area contributed by atoms with Gasteiger partial charge in [-0.1, -0.05) is 23.7 Å². The molecule has 1 saturated heterocycles. The van der Waals surface area contributed by atoms with E-state index in [0.29, 0.717) is 23.9 Å². The number of aromatic amines is 1. The molecule has 1 aliphatic heterocycles. The van der Waals surface area contributed by atoms with E-state index in [2.05, 4.69) is 9.97 Å². The molecule has 2 heterocycles. The molecule has 0 saturated carbocycles. The van der Waals surface area contributed by atoms with Crippen LogP contribution in [-0.4, -0.2) is 45.1 Å². The highest BCUT2D eigenvalue weighted by Crippen LogP contribution is 2.28. The minimum Gasteiger partial charge on any atom is -0.377 e. The van der Waals surface area contributed by atoms with Gasteiger partial charge in [-0.15, -0.1) is 0 Å². The van der Waals surface area contributed by atoms with E-state index >= 15 is 0 Å². The topological polar surface area (TPSA) is 78.4 Å². The number of rotatable bonds is 3. The van der Waals surface area contributed by atoms with Crippen molar-refractivity contribution < 1.29 is 14.6 Å². The van der Waals surface area contributed by atoms with Crippen molar-refractivity contribution >= 4 is 17.5 Å². The molecule has 6 nitrogen and oxygen atoms in total. The average Bonchev–Trinajstić information content (AvgIpc) is 3.08. The van der Waals surface area contributed by atoms with E-state index in [-0.39, 0.29) is 18.1 Å². The fraction of sp³-hybridized carbons (Fsp3) is 0.375. The predicted octanol–water partition coefficient (Wildman–Crippen LogP) is 2.09. The summed E-state index contributed by atoms with van der Waals surface area (Å²) in [5.41, 5.74) is 1.30. The molecule has 7 heteroatoms. The van der Waals surface area contributed by atoms with Gasteiger partial charge in [0.1, 0.15) is 6.10 Å². The van der Waals surface area contributed by atoms with Gasteiger partial charge in [0.15, 0.2) is 6.10 Å². The third-order valence-corrected chi connectivity index (χ3v) is 4.22. The number of aliphatic hydroxyl groups is 1. The van der Waals surface area contributed by atoms with Gasteiger partial charge in [-0.25, -0.2) is 4.98 Å².